The highest BCUT2D eigenvalue weighted by atomic mass is 16.5. The van der Waals surface area contributed by atoms with Crippen molar-refractivity contribution in [2.45, 2.75) is 12.5 Å². The molecular weight excluding hydrogens is 260 g/mol. The van der Waals surface area contributed by atoms with Gasteiger partial charge in [-0.15, -0.1) is 0 Å². The normalized spacial score (nSPS) is 11.8. The van der Waals surface area contributed by atoms with Crippen LogP contribution in [0.3, 0.4) is 0 Å². The average molecular weight is 282 g/mol. The topological polar surface area (TPSA) is 82.8 Å². The maximum atomic E-state index is 12.0. The molecule has 0 aromatic heterocycles. The number of carbonyl (C=O) groups excluding carboxylic acids is 1. The Morgan fingerprint density at radius 2 is 1.80 bits per heavy atom. The van der Waals surface area contributed by atoms with Crippen LogP contribution in [0.4, 0.5) is 0 Å². The maximum absolute atomic E-state index is 12.0. The predicted molar refractivity (Wildman–Crippen MR) is 76.3 cm³/mol. The Morgan fingerprint density at radius 3 is 2.30 bits per heavy atom. The molecule has 20 heavy (non-hydrogen) atoms. The zero-order chi connectivity index (χ0) is 15.0. The van der Waals surface area contributed by atoms with Crippen LogP contribution in [0.5, 0.6) is 11.5 Å². The van der Waals surface area contributed by atoms with Crippen LogP contribution in [0.2, 0.25) is 0 Å². The number of ether oxygens (including phenoxy) is 3. The van der Waals surface area contributed by atoms with Gasteiger partial charge in [0.1, 0.15) is 11.5 Å². The van der Waals surface area contributed by atoms with E-state index in [1.54, 1.807) is 39.5 Å². The van der Waals surface area contributed by atoms with Gasteiger partial charge in [0.25, 0.3) is 5.91 Å². The number of nitrogens with one attached hydrogen (secondary N) is 1. The average Bonchev–Trinajstić information content (AvgIpc) is 2.46. The van der Waals surface area contributed by atoms with E-state index in [-0.39, 0.29) is 11.9 Å². The fraction of sp³-hybridized carbons (Fsp3) is 0.500. The summed E-state index contributed by atoms with van der Waals surface area (Å²) in [5.41, 5.74) is 6.27. The quantitative estimate of drug-likeness (QED) is 0.737. The second-order valence-corrected chi connectivity index (χ2v) is 4.36. The second-order valence-electron chi connectivity index (χ2n) is 4.36. The van der Waals surface area contributed by atoms with Crippen LogP contribution in [-0.4, -0.2) is 46.4 Å². The third-order valence-electron chi connectivity index (χ3n) is 2.80. The van der Waals surface area contributed by atoms with Crippen LogP contribution < -0.4 is 20.5 Å². The number of rotatable bonds is 8. The molecule has 1 aromatic carbocycles. The van der Waals surface area contributed by atoms with E-state index < -0.39 is 0 Å². The van der Waals surface area contributed by atoms with Gasteiger partial charge in [0, 0.05) is 31.3 Å². The molecule has 0 fully saturated rings. The molecule has 0 aliphatic carbocycles. The van der Waals surface area contributed by atoms with Gasteiger partial charge in [-0.25, -0.2) is 0 Å². The lowest BCUT2D eigenvalue weighted by Gasteiger charge is -2.12. The monoisotopic (exact) mass is 282 g/mol. The molecule has 0 saturated carbocycles. The van der Waals surface area contributed by atoms with Gasteiger partial charge < -0.3 is 25.3 Å². The Bertz CT molecular complexity index is 415. The van der Waals surface area contributed by atoms with E-state index in [9.17, 15) is 4.79 Å². The summed E-state index contributed by atoms with van der Waals surface area (Å²) in [5, 5.41) is 2.81. The first-order chi connectivity index (χ1) is 9.60. The van der Waals surface area contributed by atoms with Gasteiger partial charge in [-0.3, -0.25) is 4.79 Å². The van der Waals surface area contributed by atoms with Crippen LogP contribution in [0.15, 0.2) is 18.2 Å². The van der Waals surface area contributed by atoms with Gasteiger partial charge in [-0.1, -0.05) is 0 Å². The van der Waals surface area contributed by atoms with Gasteiger partial charge in [0.2, 0.25) is 0 Å². The van der Waals surface area contributed by atoms with E-state index in [1.807, 2.05) is 0 Å². The zero-order valence-corrected chi connectivity index (χ0v) is 12.1. The summed E-state index contributed by atoms with van der Waals surface area (Å²) in [6.07, 6.45) is 0.653. The van der Waals surface area contributed by atoms with E-state index in [1.165, 1.54) is 0 Å². The smallest absolute Gasteiger partial charge is 0.251 e. The van der Waals surface area contributed by atoms with Crippen LogP contribution in [0.25, 0.3) is 0 Å². The molecule has 1 unspecified atom stereocenters. The van der Waals surface area contributed by atoms with Gasteiger partial charge >= 0.3 is 0 Å². The van der Waals surface area contributed by atoms with E-state index in [0.717, 1.165) is 0 Å². The number of methoxy groups -OCH3 is 3. The van der Waals surface area contributed by atoms with Crippen LogP contribution >= 0.6 is 0 Å². The van der Waals surface area contributed by atoms with Crippen LogP contribution in [-0.2, 0) is 4.74 Å². The van der Waals surface area contributed by atoms with Crippen molar-refractivity contribution in [3.63, 3.8) is 0 Å². The fourth-order valence-electron chi connectivity index (χ4n) is 1.71. The zero-order valence-electron chi connectivity index (χ0n) is 12.1. The highest BCUT2D eigenvalue weighted by molar-refractivity contribution is 5.95. The van der Waals surface area contributed by atoms with Crippen molar-refractivity contribution in [1.82, 2.24) is 5.32 Å². The lowest BCUT2D eigenvalue weighted by Crippen LogP contribution is -2.32. The van der Waals surface area contributed by atoms with Crippen molar-refractivity contribution in [3.05, 3.63) is 23.8 Å². The first kappa shape index (κ1) is 16.3. The number of hydrogen-bond donors (Lipinski definition) is 2. The molecule has 0 spiro atoms. The summed E-state index contributed by atoms with van der Waals surface area (Å²) < 4.78 is 15.2. The Morgan fingerprint density at radius 1 is 1.20 bits per heavy atom. The van der Waals surface area contributed by atoms with Crippen molar-refractivity contribution in [2.24, 2.45) is 5.73 Å². The molecule has 0 aliphatic heterocycles. The molecule has 112 valence electrons. The maximum Gasteiger partial charge on any atom is 0.251 e. The molecule has 1 atom stereocenters. The summed E-state index contributed by atoms with van der Waals surface area (Å²) in [5.74, 6) is 0.961. The number of nitrogens with two attached hydrogens (primary N) is 1. The first-order valence-corrected chi connectivity index (χ1v) is 6.36. The van der Waals surface area contributed by atoms with Gasteiger partial charge in [0.05, 0.1) is 20.8 Å². The minimum absolute atomic E-state index is 0.0832. The molecule has 3 N–H and O–H groups in total. The molecule has 0 heterocycles. The van der Waals surface area contributed by atoms with Crippen LogP contribution in [0.1, 0.15) is 16.8 Å². The summed E-state index contributed by atoms with van der Waals surface area (Å²) in [4.78, 5) is 12.0. The number of carbonyl (C=O) groups is 1. The number of amides is 1. The largest absolute Gasteiger partial charge is 0.497 e. The first-order valence-electron chi connectivity index (χ1n) is 6.36. The molecule has 1 rings (SSSR count). The third-order valence-corrected chi connectivity index (χ3v) is 2.80. The minimum Gasteiger partial charge on any atom is -0.497 e. The Hall–Kier alpha value is -1.79. The van der Waals surface area contributed by atoms with E-state index in [4.69, 9.17) is 19.9 Å². The molecule has 6 heteroatoms. The van der Waals surface area contributed by atoms with E-state index in [0.29, 0.717) is 36.6 Å². The van der Waals surface area contributed by atoms with Gasteiger partial charge in [0.15, 0.2) is 0 Å². The molecule has 0 bridgehead atoms. The standard InChI is InChI=1S/C14H22N2O4/c1-18-9-11(15)4-5-16-14(17)10-6-12(19-2)8-13(7-10)20-3/h6-8,11H,4-5,9,15H2,1-3H3,(H,16,17). The van der Waals surface area contributed by atoms with Gasteiger partial charge in [-0.2, -0.15) is 0 Å². The third kappa shape index (κ3) is 5.07. The Balaban J connectivity index is 2.58. The van der Waals surface area contributed by atoms with E-state index in [2.05, 4.69) is 5.32 Å². The summed E-state index contributed by atoms with van der Waals surface area (Å²) >= 11 is 0. The molecule has 0 aliphatic rings. The molecule has 6 nitrogen and oxygen atoms in total. The van der Waals surface area contributed by atoms with Crippen molar-refractivity contribution in [3.8, 4) is 11.5 Å². The number of hydrogen-bond acceptors (Lipinski definition) is 5. The highest BCUT2D eigenvalue weighted by Gasteiger charge is 2.10. The SMILES string of the molecule is COCC(N)CCNC(=O)c1cc(OC)cc(OC)c1. The lowest BCUT2D eigenvalue weighted by molar-refractivity contribution is 0.0949. The van der Waals surface area contributed by atoms with E-state index >= 15 is 0 Å². The van der Waals surface area contributed by atoms with Crippen molar-refractivity contribution in [2.75, 3.05) is 34.5 Å². The second kappa shape index (κ2) is 8.39. The number of benzene rings is 1. The van der Waals surface area contributed by atoms with Crippen molar-refractivity contribution in [1.29, 1.82) is 0 Å². The molecule has 0 radical (unpaired) electrons. The van der Waals surface area contributed by atoms with Crippen molar-refractivity contribution >= 4 is 5.91 Å². The molecular formula is C14H22N2O4. The Labute approximate surface area is 119 Å². The molecule has 0 saturated heterocycles. The highest BCUT2D eigenvalue weighted by Crippen LogP contribution is 2.22. The summed E-state index contributed by atoms with van der Waals surface area (Å²) in [6, 6.07) is 4.95. The molecule has 1 amide bonds. The van der Waals surface area contributed by atoms with Gasteiger partial charge in [-0.05, 0) is 18.6 Å². The summed E-state index contributed by atoms with van der Waals surface area (Å²) in [7, 11) is 4.68. The fourth-order valence-corrected chi connectivity index (χ4v) is 1.71. The Kier molecular flexibility index (Phi) is 6.83. The van der Waals surface area contributed by atoms with Crippen LogP contribution in [0, 0.1) is 0 Å². The lowest BCUT2D eigenvalue weighted by atomic mass is 10.1. The molecule has 1 aromatic rings. The predicted octanol–water partition coefficient (Wildman–Crippen LogP) is 0.797. The summed E-state index contributed by atoms with van der Waals surface area (Å²) in [6.45, 7) is 0.964. The van der Waals surface area contributed by atoms with Crippen molar-refractivity contribution < 1.29 is 19.0 Å². The minimum atomic E-state index is -0.188.